The third kappa shape index (κ3) is 5.10. The maximum Gasteiger partial charge on any atom is 0.416 e. The van der Waals surface area contributed by atoms with Crippen LogP contribution in [0, 0.1) is 0 Å². The fraction of sp³-hybridized carbons (Fsp3) is 0.238. The van der Waals surface area contributed by atoms with Crippen molar-refractivity contribution in [2.75, 3.05) is 17.7 Å². The number of anilines is 1. The quantitative estimate of drug-likeness (QED) is 0.732. The third-order valence-electron chi connectivity index (χ3n) is 4.82. The Morgan fingerprint density at radius 1 is 1.12 bits per heavy atom. The topological polar surface area (TPSA) is 86.8 Å². The first kappa shape index (κ1) is 23.3. The van der Waals surface area contributed by atoms with Crippen molar-refractivity contribution in [1.29, 1.82) is 0 Å². The van der Waals surface area contributed by atoms with Gasteiger partial charge in [-0.1, -0.05) is 18.2 Å². The summed E-state index contributed by atoms with van der Waals surface area (Å²) in [5.74, 6) is 0. The maximum absolute atomic E-state index is 13.1. The van der Waals surface area contributed by atoms with Crippen LogP contribution >= 0.6 is 0 Å². The summed E-state index contributed by atoms with van der Waals surface area (Å²) in [6.45, 7) is 1.55. The highest BCUT2D eigenvalue weighted by atomic mass is 32.2. The first-order chi connectivity index (χ1) is 14.9. The Balaban J connectivity index is 1.74. The predicted octanol–water partition coefficient (Wildman–Crippen LogP) is 4.16. The lowest BCUT2D eigenvalue weighted by atomic mass is 10.1. The summed E-state index contributed by atoms with van der Waals surface area (Å²) in [5.41, 5.74) is 0.0913. The lowest BCUT2D eigenvalue weighted by molar-refractivity contribution is -0.137. The number of allylic oxidation sites excluding steroid dienone is 1. The molecule has 2 aromatic carbocycles. The molecule has 170 valence electrons. The number of sulfone groups is 1. The van der Waals surface area contributed by atoms with Crippen molar-refractivity contribution in [2.24, 2.45) is 0 Å². The molecule has 0 atom stereocenters. The first-order valence-corrected chi connectivity index (χ1v) is 11.3. The fourth-order valence-electron chi connectivity index (χ4n) is 3.10. The number of hydrogen-bond acceptors (Lipinski definition) is 4. The molecule has 0 fully saturated rings. The van der Waals surface area contributed by atoms with Crippen molar-refractivity contribution in [3.63, 3.8) is 0 Å². The van der Waals surface area contributed by atoms with Crippen LogP contribution in [0.3, 0.4) is 0 Å². The molecule has 7 nitrogen and oxygen atoms in total. The molecular formula is C21H20F3N3O4S. The number of imide groups is 1. The fourth-order valence-corrected chi connectivity index (χ4v) is 3.73. The second kappa shape index (κ2) is 8.65. The smallest absolute Gasteiger partial charge is 0.333 e. The Bertz CT molecular complexity index is 1180. The first-order valence-electron chi connectivity index (χ1n) is 9.40. The van der Waals surface area contributed by atoms with Crippen LogP contribution < -0.4 is 10.2 Å². The number of rotatable bonds is 4. The molecule has 0 saturated heterocycles. The van der Waals surface area contributed by atoms with Gasteiger partial charge in [-0.3, -0.25) is 4.90 Å². The lowest BCUT2D eigenvalue weighted by Crippen LogP contribution is -2.52. The van der Waals surface area contributed by atoms with Crippen molar-refractivity contribution >= 4 is 27.6 Å². The molecular weight excluding hydrogens is 447 g/mol. The minimum absolute atomic E-state index is 0.00700. The minimum Gasteiger partial charge on any atom is -0.333 e. The zero-order chi connectivity index (χ0) is 23.7. The molecule has 32 heavy (non-hydrogen) atoms. The van der Waals surface area contributed by atoms with Crippen LogP contribution in [0.2, 0.25) is 0 Å². The van der Waals surface area contributed by atoms with E-state index in [9.17, 15) is 31.2 Å². The minimum atomic E-state index is -4.57. The zero-order valence-electron chi connectivity index (χ0n) is 17.2. The SMILES string of the molecule is CC1=CCN(C(=O)NCc2ccc(S(C)(=O)=O)cc2)C(=O)N1c1cccc(C(F)(F)F)c1. The van der Waals surface area contributed by atoms with Crippen molar-refractivity contribution in [3.8, 4) is 0 Å². The summed E-state index contributed by atoms with van der Waals surface area (Å²) in [6, 6.07) is 8.66. The van der Waals surface area contributed by atoms with Crippen LogP contribution in [0.5, 0.6) is 0 Å². The molecule has 0 spiro atoms. The molecule has 0 radical (unpaired) electrons. The molecule has 0 unspecified atom stereocenters. The highest BCUT2D eigenvalue weighted by Gasteiger charge is 2.34. The average Bonchev–Trinajstić information content (AvgIpc) is 2.71. The molecule has 1 aliphatic rings. The Kier molecular flexibility index (Phi) is 6.31. The van der Waals surface area contributed by atoms with Crippen LogP contribution in [-0.2, 0) is 22.6 Å². The molecule has 4 amide bonds. The lowest BCUT2D eigenvalue weighted by Gasteiger charge is -2.33. The van der Waals surface area contributed by atoms with Gasteiger partial charge in [-0.05, 0) is 48.9 Å². The molecule has 1 aliphatic heterocycles. The largest absolute Gasteiger partial charge is 0.416 e. The van der Waals surface area contributed by atoms with Crippen LogP contribution in [-0.4, -0.2) is 38.2 Å². The summed E-state index contributed by atoms with van der Waals surface area (Å²) >= 11 is 0. The zero-order valence-corrected chi connectivity index (χ0v) is 18.0. The van der Waals surface area contributed by atoms with E-state index in [2.05, 4.69) is 5.32 Å². The van der Waals surface area contributed by atoms with Gasteiger partial charge in [0.2, 0.25) is 0 Å². The van der Waals surface area contributed by atoms with Gasteiger partial charge in [0.25, 0.3) is 0 Å². The maximum atomic E-state index is 13.1. The molecule has 11 heteroatoms. The van der Waals surface area contributed by atoms with Gasteiger partial charge in [0, 0.05) is 18.5 Å². The van der Waals surface area contributed by atoms with Gasteiger partial charge < -0.3 is 5.32 Å². The van der Waals surface area contributed by atoms with E-state index >= 15 is 0 Å². The van der Waals surface area contributed by atoms with Gasteiger partial charge in [-0.15, -0.1) is 0 Å². The van der Waals surface area contributed by atoms with Crippen LogP contribution in [0.15, 0.2) is 65.2 Å². The summed E-state index contributed by atoms with van der Waals surface area (Å²) in [6.07, 6.45) is -1.93. The van der Waals surface area contributed by atoms with E-state index in [4.69, 9.17) is 0 Å². The van der Waals surface area contributed by atoms with Crippen LogP contribution in [0.4, 0.5) is 28.4 Å². The monoisotopic (exact) mass is 467 g/mol. The third-order valence-corrected chi connectivity index (χ3v) is 5.94. The molecule has 1 heterocycles. The number of halogens is 3. The van der Waals surface area contributed by atoms with Crippen molar-refractivity contribution in [3.05, 3.63) is 71.4 Å². The van der Waals surface area contributed by atoms with Crippen LogP contribution in [0.25, 0.3) is 0 Å². The van der Waals surface area contributed by atoms with Crippen molar-refractivity contribution in [2.45, 2.75) is 24.5 Å². The van der Waals surface area contributed by atoms with E-state index in [1.807, 2.05) is 0 Å². The molecule has 3 rings (SSSR count). The molecule has 0 saturated carbocycles. The van der Waals surface area contributed by atoms with E-state index in [0.717, 1.165) is 28.2 Å². The molecule has 2 aromatic rings. The van der Waals surface area contributed by atoms with Gasteiger partial charge in [-0.2, -0.15) is 13.2 Å². The number of benzene rings is 2. The Hall–Kier alpha value is -3.34. The number of carbonyl (C=O) groups excluding carboxylic acids is 2. The second-order valence-electron chi connectivity index (χ2n) is 7.20. The number of nitrogens with zero attached hydrogens (tertiary/aromatic N) is 2. The molecule has 0 bridgehead atoms. The summed E-state index contributed by atoms with van der Waals surface area (Å²) < 4.78 is 62.2. The van der Waals surface area contributed by atoms with Crippen LogP contribution in [0.1, 0.15) is 18.1 Å². The number of carbonyl (C=O) groups is 2. The summed E-state index contributed by atoms with van der Waals surface area (Å²) in [4.78, 5) is 27.5. The predicted molar refractivity (Wildman–Crippen MR) is 112 cm³/mol. The van der Waals surface area contributed by atoms with Gasteiger partial charge in [-0.25, -0.2) is 22.9 Å². The molecule has 0 aliphatic carbocycles. The normalized spacial score (nSPS) is 14.9. The number of amides is 4. The van der Waals surface area contributed by atoms with E-state index in [-0.39, 0.29) is 23.7 Å². The van der Waals surface area contributed by atoms with E-state index in [0.29, 0.717) is 11.3 Å². The Morgan fingerprint density at radius 2 is 1.78 bits per heavy atom. The van der Waals surface area contributed by atoms with Gasteiger partial charge in [0.05, 0.1) is 22.7 Å². The average molecular weight is 467 g/mol. The number of hydrogen-bond donors (Lipinski definition) is 1. The molecule has 1 N–H and O–H groups in total. The van der Waals surface area contributed by atoms with Crippen molar-refractivity contribution < 1.29 is 31.2 Å². The van der Waals surface area contributed by atoms with Gasteiger partial charge in [0.15, 0.2) is 9.84 Å². The Labute approximate surface area is 183 Å². The molecule has 0 aromatic heterocycles. The van der Waals surface area contributed by atoms with Gasteiger partial charge in [0.1, 0.15) is 0 Å². The number of alkyl halides is 3. The second-order valence-corrected chi connectivity index (χ2v) is 9.21. The highest BCUT2D eigenvalue weighted by molar-refractivity contribution is 7.90. The summed E-state index contributed by atoms with van der Waals surface area (Å²) in [7, 11) is -3.35. The number of nitrogens with one attached hydrogen (secondary N) is 1. The van der Waals surface area contributed by atoms with E-state index in [1.54, 1.807) is 13.0 Å². The standard InChI is InChI=1S/C21H20F3N3O4S/c1-14-10-11-26(19(28)25-13-15-6-8-18(9-7-15)32(2,30)31)20(29)27(14)17-5-3-4-16(12-17)21(22,23)24/h3-10,12H,11,13H2,1-2H3,(H,25,28). The van der Waals surface area contributed by atoms with E-state index < -0.39 is 33.6 Å². The van der Waals surface area contributed by atoms with Gasteiger partial charge >= 0.3 is 18.2 Å². The highest BCUT2D eigenvalue weighted by Crippen LogP contribution is 2.33. The summed E-state index contributed by atoms with van der Waals surface area (Å²) in [5, 5.41) is 2.56. The van der Waals surface area contributed by atoms with Crippen molar-refractivity contribution in [1.82, 2.24) is 10.2 Å². The van der Waals surface area contributed by atoms with E-state index in [1.165, 1.54) is 36.4 Å². The number of urea groups is 2. The Morgan fingerprint density at radius 3 is 2.38 bits per heavy atom.